The predicted octanol–water partition coefficient (Wildman–Crippen LogP) is 19.6. The summed E-state index contributed by atoms with van der Waals surface area (Å²) in [4.78, 5) is 72.4. The Morgan fingerprint density at radius 2 is 0.523 bits per heavy atom. The van der Waals surface area contributed by atoms with E-state index in [2.05, 4.69) is 41.5 Å². The van der Waals surface area contributed by atoms with Crippen molar-refractivity contribution in [3.8, 4) is 0 Å². The molecule has 5 atom stereocenters. The Morgan fingerprint density at radius 3 is 0.773 bits per heavy atom. The summed E-state index contributed by atoms with van der Waals surface area (Å²) < 4.78 is 68.2. The molecule has 0 amide bonds. The van der Waals surface area contributed by atoms with Crippen molar-refractivity contribution in [1.29, 1.82) is 0 Å². The fraction of sp³-hybridized carbons (Fsp3) is 0.942. The van der Waals surface area contributed by atoms with E-state index in [0.29, 0.717) is 31.6 Å². The summed E-state index contributed by atoms with van der Waals surface area (Å²) in [6.07, 6.45) is 45.9. The van der Waals surface area contributed by atoms with E-state index in [1.807, 2.05) is 0 Å². The molecule has 0 fully saturated rings. The Hall–Kier alpha value is -1.94. The second-order valence-corrected chi connectivity index (χ2v) is 28.8. The minimum Gasteiger partial charge on any atom is -0.462 e. The number of rotatable bonds is 68. The number of hydrogen-bond donors (Lipinski definition) is 3. The minimum absolute atomic E-state index is 0.106. The van der Waals surface area contributed by atoms with Gasteiger partial charge in [-0.05, 0) is 37.5 Å². The maximum absolute atomic E-state index is 13.0. The molecule has 0 heterocycles. The molecule has 0 radical (unpaired) electrons. The molecule has 0 saturated carbocycles. The highest BCUT2D eigenvalue weighted by atomic mass is 31.2. The van der Waals surface area contributed by atoms with Crippen molar-refractivity contribution in [2.45, 2.75) is 368 Å². The number of phosphoric acid groups is 2. The Bertz CT molecular complexity index is 1720. The normalized spacial score (nSPS) is 14.2. The Labute approximate surface area is 537 Å². The molecule has 0 rings (SSSR count). The number of aliphatic hydroxyl groups excluding tert-OH is 1. The highest BCUT2D eigenvalue weighted by molar-refractivity contribution is 7.47. The number of carbonyl (C=O) groups excluding carboxylic acids is 4. The van der Waals surface area contributed by atoms with Gasteiger partial charge in [0.2, 0.25) is 0 Å². The van der Waals surface area contributed by atoms with Crippen molar-refractivity contribution in [3.05, 3.63) is 0 Å². The van der Waals surface area contributed by atoms with Gasteiger partial charge in [0.25, 0.3) is 0 Å². The number of unbranched alkanes of at least 4 members (excludes halogenated alkanes) is 38. The summed E-state index contributed by atoms with van der Waals surface area (Å²) in [5.41, 5.74) is 0. The van der Waals surface area contributed by atoms with Crippen molar-refractivity contribution < 1.29 is 80.2 Å². The molecule has 2 unspecified atom stereocenters. The maximum atomic E-state index is 13.0. The molecule has 19 heteroatoms. The third kappa shape index (κ3) is 62.8. The Balaban J connectivity index is 5.22. The summed E-state index contributed by atoms with van der Waals surface area (Å²) in [7, 11) is -9.89. The molecular weight excluding hydrogens is 1160 g/mol. The first-order chi connectivity index (χ1) is 42.4. The van der Waals surface area contributed by atoms with Crippen molar-refractivity contribution >= 4 is 39.5 Å². The molecule has 3 N–H and O–H groups in total. The topological polar surface area (TPSA) is 237 Å². The molecule has 0 bridgehead atoms. The quantitative estimate of drug-likeness (QED) is 0.0222. The van der Waals surface area contributed by atoms with Crippen LogP contribution >= 0.6 is 15.6 Å². The van der Waals surface area contributed by atoms with Crippen molar-refractivity contribution in [1.82, 2.24) is 0 Å². The lowest BCUT2D eigenvalue weighted by Crippen LogP contribution is -2.30. The molecule has 0 aromatic rings. The van der Waals surface area contributed by atoms with Gasteiger partial charge in [-0.3, -0.25) is 37.3 Å². The SMILES string of the molecule is CCCCCCCCCCCCCC(=O)OC[C@H](COP(=O)(O)OC[C@@H](O)COP(=O)(O)OC[C@@H](COC(=O)CCCCCCCCC(C)C)OC(=O)CCCCCCCCCCCCC)OC(=O)CCCCCCCCCCCCCCCCC(C)C. The molecule has 0 spiro atoms. The zero-order chi connectivity index (χ0) is 65.0. The van der Waals surface area contributed by atoms with Crippen LogP contribution in [0.2, 0.25) is 0 Å². The zero-order valence-corrected chi connectivity index (χ0v) is 58.8. The van der Waals surface area contributed by atoms with Crippen LogP contribution in [0, 0.1) is 11.8 Å². The standard InChI is InChI=1S/C69H134O17P2/c1-7-9-11-13-15-17-23-28-32-39-45-51-66(71)79-57-64(85-69(74)54-48-42-34-30-26-22-20-19-21-25-27-31-37-43-49-61(3)4)59-83-87(75,76)81-55-63(70)56-82-88(77,78)84-60-65(58-80-67(72)52-46-40-36-35-38-44-50-62(5)6)86-68(73)53-47-41-33-29-24-18-16-14-12-10-8-2/h61-65,70H,7-60H2,1-6H3,(H,75,76)(H,77,78)/t63-,64-,65-/m1/s1. The van der Waals surface area contributed by atoms with Crippen LogP contribution in [0.1, 0.15) is 350 Å². The van der Waals surface area contributed by atoms with E-state index in [1.54, 1.807) is 0 Å². The highest BCUT2D eigenvalue weighted by Gasteiger charge is 2.30. The van der Waals surface area contributed by atoms with E-state index >= 15 is 0 Å². The van der Waals surface area contributed by atoms with Gasteiger partial charge >= 0.3 is 39.5 Å². The number of carbonyl (C=O) groups is 4. The summed E-state index contributed by atoms with van der Waals surface area (Å²) >= 11 is 0. The second-order valence-electron chi connectivity index (χ2n) is 25.9. The number of esters is 4. The van der Waals surface area contributed by atoms with Gasteiger partial charge in [0.05, 0.1) is 26.4 Å². The number of aliphatic hydroxyl groups is 1. The number of hydrogen-bond acceptors (Lipinski definition) is 15. The lowest BCUT2D eigenvalue weighted by Gasteiger charge is -2.21. The first-order valence-electron chi connectivity index (χ1n) is 36.0. The van der Waals surface area contributed by atoms with Gasteiger partial charge < -0.3 is 33.8 Å². The Kier molecular flexibility index (Phi) is 59.9. The van der Waals surface area contributed by atoms with Crippen LogP contribution in [0.15, 0.2) is 0 Å². The molecule has 0 aliphatic heterocycles. The molecule has 0 aromatic heterocycles. The molecule has 0 aliphatic rings. The van der Waals surface area contributed by atoms with Crippen LogP contribution in [0.4, 0.5) is 0 Å². The zero-order valence-electron chi connectivity index (χ0n) is 57.0. The average Bonchev–Trinajstić information content (AvgIpc) is 3.56. The van der Waals surface area contributed by atoms with E-state index in [1.165, 1.54) is 161 Å². The monoisotopic (exact) mass is 1300 g/mol. The van der Waals surface area contributed by atoms with E-state index in [-0.39, 0.29) is 25.7 Å². The lowest BCUT2D eigenvalue weighted by molar-refractivity contribution is -0.161. The third-order valence-corrected chi connectivity index (χ3v) is 17.9. The van der Waals surface area contributed by atoms with Crippen molar-refractivity contribution in [3.63, 3.8) is 0 Å². The van der Waals surface area contributed by atoms with E-state index in [4.69, 9.17) is 37.0 Å². The number of phosphoric ester groups is 2. The average molecular weight is 1300 g/mol. The fourth-order valence-corrected chi connectivity index (χ4v) is 12.0. The molecule has 522 valence electrons. The lowest BCUT2D eigenvalue weighted by atomic mass is 10.0. The summed E-state index contributed by atoms with van der Waals surface area (Å²) in [5.74, 6) is -0.651. The summed E-state index contributed by atoms with van der Waals surface area (Å²) in [5, 5.41) is 10.6. The third-order valence-electron chi connectivity index (χ3n) is 16.0. The Morgan fingerprint density at radius 1 is 0.307 bits per heavy atom. The fourth-order valence-electron chi connectivity index (χ4n) is 10.4. The van der Waals surface area contributed by atoms with Gasteiger partial charge in [-0.1, -0.05) is 298 Å². The van der Waals surface area contributed by atoms with Crippen molar-refractivity contribution in [2.75, 3.05) is 39.6 Å². The first kappa shape index (κ1) is 86.1. The van der Waals surface area contributed by atoms with Crippen LogP contribution < -0.4 is 0 Å². The van der Waals surface area contributed by atoms with E-state index in [0.717, 1.165) is 102 Å². The molecule has 0 saturated heterocycles. The summed E-state index contributed by atoms with van der Waals surface area (Å²) in [6.45, 7) is 9.47. The van der Waals surface area contributed by atoms with E-state index in [9.17, 15) is 43.2 Å². The largest absolute Gasteiger partial charge is 0.472 e. The second kappa shape index (κ2) is 61.3. The van der Waals surface area contributed by atoms with Gasteiger partial charge in [0.15, 0.2) is 12.2 Å². The molecular formula is C69H134O17P2. The predicted molar refractivity (Wildman–Crippen MR) is 354 cm³/mol. The van der Waals surface area contributed by atoms with Crippen LogP contribution in [-0.2, 0) is 65.4 Å². The number of ether oxygens (including phenoxy) is 4. The van der Waals surface area contributed by atoms with Crippen molar-refractivity contribution in [2.24, 2.45) is 11.8 Å². The van der Waals surface area contributed by atoms with Gasteiger partial charge in [-0.25, -0.2) is 9.13 Å². The molecule has 17 nitrogen and oxygen atoms in total. The van der Waals surface area contributed by atoms with Crippen LogP contribution in [-0.4, -0.2) is 96.7 Å². The van der Waals surface area contributed by atoms with Gasteiger partial charge in [0, 0.05) is 25.7 Å². The van der Waals surface area contributed by atoms with Crippen LogP contribution in [0.25, 0.3) is 0 Å². The molecule has 0 aromatic carbocycles. The summed E-state index contributed by atoms with van der Waals surface area (Å²) in [6, 6.07) is 0. The van der Waals surface area contributed by atoms with Crippen LogP contribution in [0.3, 0.4) is 0 Å². The smallest absolute Gasteiger partial charge is 0.462 e. The molecule has 0 aliphatic carbocycles. The highest BCUT2D eigenvalue weighted by Crippen LogP contribution is 2.45. The van der Waals surface area contributed by atoms with Crippen LogP contribution in [0.5, 0.6) is 0 Å². The van der Waals surface area contributed by atoms with Gasteiger partial charge in [-0.15, -0.1) is 0 Å². The first-order valence-corrected chi connectivity index (χ1v) is 39.0. The van der Waals surface area contributed by atoms with Gasteiger partial charge in [0.1, 0.15) is 19.3 Å². The van der Waals surface area contributed by atoms with Gasteiger partial charge in [-0.2, -0.15) is 0 Å². The molecule has 88 heavy (non-hydrogen) atoms. The van der Waals surface area contributed by atoms with E-state index < -0.39 is 97.5 Å². The maximum Gasteiger partial charge on any atom is 0.472 e. The minimum atomic E-state index is -4.95.